The molecule has 0 amide bonds. The number of hydrogen-bond acceptors (Lipinski definition) is 5. The van der Waals surface area contributed by atoms with Crippen LogP contribution >= 0.6 is 0 Å². The maximum absolute atomic E-state index is 10.8. The van der Waals surface area contributed by atoms with Gasteiger partial charge in [-0.25, -0.2) is 9.48 Å². The van der Waals surface area contributed by atoms with E-state index in [0.717, 1.165) is 36.3 Å². The van der Waals surface area contributed by atoms with Crippen molar-refractivity contribution >= 4 is 11.7 Å². The molecule has 1 saturated carbocycles. The fourth-order valence-electron chi connectivity index (χ4n) is 2.95. The number of piperidine rings is 1. The Labute approximate surface area is 121 Å². The third-order valence-corrected chi connectivity index (χ3v) is 4.23. The van der Waals surface area contributed by atoms with Gasteiger partial charge in [-0.3, -0.25) is 4.98 Å². The molecule has 0 bridgehead atoms. The van der Waals surface area contributed by atoms with E-state index in [1.807, 2.05) is 12.3 Å². The predicted molar refractivity (Wildman–Crippen MR) is 74.1 cm³/mol. The summed E-state index contributed by atoms with van der Waals surface area (Å²) in [5.41, 5.74) is 1.95. The van der Waals surface area contributed by atoms with Gasteiger partial charge in [0.05, 0.1) is 30.3 Å². The molecule has 2 aromatic rings. The van der Waals surface area contributed by atoms with Crippen molar-refractivity contribution in [3.05, 3.63) is 35.9 Å². The number of carboxylic acid groups (broad SMARTS) is 1. The maximum atomic E-state index is 10.8. The van der Waals surface area contributed by atoms with Crippen LogP contribution in [0.25, 0.3) is 0 Å². The van der Waals surface area contributed by atoms with E-state index in [-0.39, 0.29) is 5.69 Å². The van der Waals surface area contributed by atoms with Gasteiger partial charge in [-0.2, -0.15) is 0 Å². The van der Waals surface area contributed by atoms with Crippen LogP contribution in [0.3, 0.4) is 0 Å². The minimum absolute atomic E-state index is 0.0529. The normalized spacial score (nSPS) is 23.1. The molecule has 2 unspecified atom stereocenters. The largest absolute Gasteiger partial charge is 0.476 e. The van der Waals surface area contributed by atoms with Gasteiger partial charge in [-0.15, -0.1) is 5.10 Å². The lowest BCUT2D eigenvalue weighted by Gasteiger charge is -2.19. The van der Waals surface area contributed by atoms with Crippen molar-refractivity contribution in [3.8, 4) is 0 Å². The summed E-state index contributed by atoms with van der Waals surface area (Å²) >= 11 is 0. The Morgan fingerprint density at radius 1 is 1.33 bits per heavy atom. The molecule has 7 nitrogen and oxygen atoms in total. The molecule has 1 saturated heterocycles. The Balaban J connectivity index is 1.44. The molecular weight excluding hydrogens is 270 g/mol. The lowest BCUT2D eigenvalue weighted by atomic mass is 10.3. The third-order valence-electron chi connectivity index (χ3n) is 4.23. The summed E-state index contributed by atoms with van der Waals surface area (Å²) in [5.74, 6) is 0.723. The summed E-state index contributed by atoms with van der Waals surface area (Å²) in [6.45, 7) is 2.72. The highest BCUT2D eigenvalue weighted by Crippen LogP contribution is 2.46. The van der Waals surface area contributed by atoms with Crippen molar-refractivity contribution in [2.75, 3.05) is 18.0 Å². The van der Waals surface area contributed by atoms with Crippen molar-refractivity contribution in [3.63, 3.8) is 0 Å². The molecule has 4 rings (SSSR count). The van der Waals surface area contributed by atoms with Crippen molar-refractivity contribution < 1.29 is 9.90 Å². The van der Waals surface area contributed by atoms with Gasteiger partial charge >= 0.3 is 5.97 Å². The molecule has 0 radical (unpaired) electrons. The molecule has 2 atom stereocenters. The van der Waals surface area contributed by atoms with Crippen molar-refractivity contribution in [2.45, 2.75) is 13.0 Å². The topological polar surface area (TPSA) is 84.1 Å². The van der Waals surface area contributed by atoms with Crippen LogP contribution in [0.1, 0.15) is 22.6 Å². The van der Waals surface area contributed by atoms with Crippen molar-refractivity contribution in [1.82, 2.24) is 20.0 Å². The Kier molecular flexibility index (Phi) is 2.66. The molecule has 3 heterocycles. The standard InChI is InChI=1S/C14H15N5O2/c20-14(21)13-8-19(17-16-13)7-11-1-2-12(4-15-11)18-5-9-3-10(9)6-18/h1-2,4,8-10H,3,5-7H2,(H,20,21). The van der Waals surface area contributed by atoms with Crippen LogP contribution in [0, 0.1) is 11.8 Å². The molecule has 0 spiro atoms. The van der Waals surface area contributed by atoms with E-state index in [2.05, 4.69) is 26.3 Å². The molecular formula is C14H15N5O2. The highest BCUT2D eigenvalue weighted by atomic mass is 16.4. The quantitative estimate of drug-likeness (QED) is 0.897. The number of pyridine rings is 1. The number of aromatic carboxylic acids is 1. The number of anilines is 1. The second kappa shape index (κ2) is 4.54. The molecule has 0 aromatic carbocycles. The maximum Gasteiger partial charge on any atom is 0.358 e. The van der Waals surface area contributed by atoms with E-state index >= 15 is 0 Å². The van der Waals surface area contributed by atoms with E-state index in [0.29, 0.717) is 6.54 Å². The highest BCUT2D eigenvalue weighted by Gasteiger charge is 2.45. The first kappa shape index (κ1) is 12.3. The highest BCUT2D eigenvalue weighted by molar-refractivity contribution is 5.84. The fourth-order valence-corrected chi connectivity index (χ4v) is 2.95. The van der Waals surface area contributed by atoms with Crippen molar-refractivity contribution in [2.24, 2.45) is 11.8 Å². The summed E-state index contributed by atoms with van der Waals surface area (Å²) in [4.78, 5) is 17.6. The fraction of sp³-hybridized carbons (Fsp3) is 0.429. The van der Waals surface area contributed by atoms with Gasteiger partial charge in [-0.1, -0.05) is 5.21 Å². The zero-order valence-corrected chi connectivity index (χ0v) is 11.4. The zero-order chi connectivity index (χ0) is 14.4. The number of nitrogens with zero attached hydrogens (tertiary/aromatic N) is 5. The Bertz CT molecular complexity index is 671. The molecule has 1 N–H and O–H groups in total. The Morgan fingerprint density at radius 3 is 2.76 bits per heavy atom. The molecule has 1 aliphatic carbocycles. The van der Waals surface area contributed by atoms with Crippen LogP contribution in [0.4, 0.5) is 5.69 Å². The van der Waals surface area contributed by atoms with Gasteiger partial charge < -0.3 is 10.0 Å². The second-order valence-corrected chi connectivity index (χ2v) is 5.78. The number of carboxylic acids is 1. The van der Waals surface area contributed by atoms with Crippen LogP contribution < -0.4 is 4.90 Å². The average Bonchev–Trinajstić information content (AvgIpc) is 2.90. The molecule has 7 heteroatoms. The van der Waals surface area contributed by atoms with Crippen LogP contribution in [0.5, 0.6) is 0 Å². The zero-order valence-electron chi connectivity index (χ0n) is 11.4. The summed E-state index contributed by atoms with van der Waals surface area (Å²) in [6.07, 6.45) is 4.68. The minimum atomic E-state index is -1.07. The SMILES string of the molecule is O=C(O)c1cn(Cc2ccc(N3CC4CC4C3)cn2)nn1. The molecule has 1 aliphatic heterocycles. The Hall–Kier alpha value is -2.44. The summed E-state index contributed by atoms with van der Waals surface area (Å²) in [5, 5.41) is 16.2. The first-order chi connectivity index (χ1) is 10.2. The van der Waals surface area contributed by atoms with Gasteiger partial charge in [0.2, 0.25) is 0 Å². The first-order valence-corrected chi connectivity index (χ1v) is 7.02. The number of carbonyl (C=O) groups is 1. The molecule has 2 aromatic heterocycles. The van der Waals surface area contributed by atoms with Crippen LogP contribution in [0.2, 0.25) is 0 Å². The second-order valence-electron chi connectivity index (χ2n) is 5.78. The monoisotopic (exact) mass is 285 g/mol. The number of fused-ring (bicyclic) bond motifs is 1. The molecule has 21 heavy (non-hydrogen) atoms. The first-order valence-electron chi connectivity index (χ1n) is 7.02. The molecule has 2 aliphatic rings. The van der Waals surface area contributed by atoms with Gasteiger partial charge in [0.1, 0.15) is 0 Å². The van der Waals surface area contributed by atoms with E-state index in [9.17, 15) is 4.79 Å². The van der Waals surface area contributed by atoms with Crippen LogP contribution in [-0.2, 0) is 6.54 Å². The Morgan fingerprint density at radius 2 is 2.14 bits per heavy atom. The lowest BCUT2D eigenvalue weighted by molar-refractivity contribution is 0.0690. The van der Waals surface area contributed by atoms with Crippen LogP contribution in [-0.4, -0.2) is 44.1 Å². The lowest BCUT2D eigenvalue weighted by Crippen LogP contribution is -2.21. The summed E-state index contributed by atoms with van der Waals surface area (Å²) in [7, 11) is 0. The number of rotatable bonds is 4. The van der Waals surface area contributed by atoms with E-state index in [4.69, 9.17) is 5.11 Å². The smallest absolute Gasteiger partial charge is 0.358 e. The van der Waals surface area contributed by atoms with Gasteiger partial charge in [0, 0.05) is 13.1 Å². The van der Waals surface area contributed by atoms with Crippen molar-refractivity contribution in [1.29, 1.82) is 0 Å². The summed E-state index contributed by atoms with van der Waals surface area (Å²) < 4.78 is 1.48. The minimum Gasteiger partial charge on any atom is -0.476 e. The molecule has 2 fully saturated rings. The van der Waals surface area contributed by atoms with E-state index in [1.54, 1.807) is 0 Å². The number of hydrogen-bond donors (Lipinski definition) is 1. The third kappa shape index (κ3) is 2.35. The van der Waals surface area contributed by atoms with Gasteiger partial charge in [0.15, 0.2) is 5.69 Å². The molecule has 108 valence electrons. The average molecular weight is 285 g/mol. The predicted octanol–water partition coefficient (Wildman–Crippen LogP) is 0.876. The number of aromatic nitrogens is 4. The van der Waals surface area contributed by atoms with Gasteiger partial charge in [-0.05, 0) is 30.4 Å². The summed E-state index contributed by atoms with van der Waals surface area (Å²) in [6, 6.07) is 4.03. The van der Waals surface area contributed by atoms with E-state index < -0.39 is 5.97 Å². The van der Waals surface area contributed by atoms with E-state index in [1.165, 1.54) is 17.3 Å². The van der Waals surface area contributed by atoms with Crippen LogP contribution in [0.15, 0.2) is 24.5 Å². The van der Waals surface area contributed by atoms with Gasteiger partial charge in [0.25, 0.3) is 0 Å².